The predicted octanol–water partition coefficient (Wildman–Crippen LogP) is 1.38. The first-order chi connectivity index (χ1) is 7.24. The van der Waals surface area contributed by atoms with E-state index in [-0.39, 0.29) is 0 Å². The quantitative estimate of drug-likeness (QED) is 0.790. The van der Waals surface area contributed by atoms with Gasteiger partial charge in [-0.2, -0.15) is 0 Å². The Labute approximate surface area is 90.4 Å². The second kappa shape index (κ2) is 4.77. The number of ether oxygens (including phenoxy) is 1. The van der Waals surface area contributed by atoms with Crippen LogP contribution in [-0.4, -0.2) is 28.7 Å². The molecule has 1 saturated heterocycles. The number of aromatic amines is 1. The number of aryl methyl sites for hydroxylation is 1. The number of imidazole rings is 1. The Morgan fingerprint density at radius 1 is 1.67 bits per heavy atom. The van der Waals surface area contributed by atoms with Crippen molar-refractivity contribution in [3.8, 4) is 0 Å². The van der Waals surface area contributed by atoms with Crippen LogP contribution >= 0.6 is 0 Å². The summed E-state index contributed by atoms with van der Waals surface area (Å²) in [5.41, 5.74) is 1.16. The van der Waals surface area contributed by atoms with E-state index in [1.165, 1.54) is 0 Å². The summed E-state index contributed by atoms with van der Waals surface area (Å²) in [6, 6.07) is 0.581. The molecule has 2 unspecified atom stereocenters. The zero-order valence-electron chi connectivity index (χ0n) is 9.42. The minimum absolute atomic E-state index is 0.389. The fourth-order valence-corrected chi connectivity index (χ4v) is 2.00. The maximum absolute atomic E-state index is 5.50. The number of nitrogens with one attached hydrogen (secondary N) is 2. The van der Waals surface area contributed by atoms with Gasteiger partial charge >= 0.3 is 0 Å². The fourth-order valence-electron chi connectivity index (χ4n) is 2.00. The van der Waals surface area contributed by atoms with Crippen LogP contribution in [0.4, 0.5) is 0 Å². The molecule has 1 aromatic rings. The van der Waals surface area contributed by atoms with Crippen molar-refractivity contribution in [3.63, 3.8) is 0 Å². The molecular weight excluding hydrogens is 190 g/mol. The van der Waals surface area contributed by atoms with Crippen molar-refractivity contribution in [2.45, 2.75) is 45.4 Å². The van der Waals surface area contributed by atoms with E-state index in [9.17, 15) is 0 Å². The summed E-state index contributed by atoms with van der Waals surface area (Å²) in [6.07, 6.45) is 4.50. The smallest absolute Gasteiger partial charge is 0.103 e. The average Bonchev–Trinajstić information content (AvgIpc) is 2.62. The van der Waals surface area contributed by atoms with Crippen LogP contribution in [0, 0.1) is 6.92 Å². The van der Waals surface area contributed by atoms with Crippen molar-refractivity contribution in [3.05, 3.63) is 17.7 Å². The molecule has 84 valence electrons. The summed E-state index contributed by atoms with van der Waals surface area (Å²) in [5, 5.41) is 3.53. The normalized spacial score (nSPS) is 26.8. The Hall–Kier alpha value is -0.870. The van der Waals surface area contributed by atoms with Gasteiger partial charge < -0.3 is 15.0 Å². The highest BCUT2D eigenvalue weighted by molar-refractivity contribution is 4.99. The lowest BCUT2D eigenvalue weighted by Gasteiger charge is -2.27. The molecule has 1 aromatic heterocycles. The maximum atomic E-state index is 5.50. The van der Waals surface area contributed by atoms with Crippen LogP contribution in [0.2, 0.25) is 0 Å². The second-order valence-corrected chi connectivity index (χ2v) is 4.28. The van der Waals surface area contributed by atoms with Gasteiger partial charge in [-0.25, -0.2) is 4.98 Å². The third kappa shape index (κ3) is 3.04. The first kappa shape index (κ1) is 10.6. The van der Waals surface area contributed by atoms with E-state index in [4.69, 9.17) is 4.74 Å². The Morgan fingerprint density at radius 2 is 2.53 bits per heavy atom. The van der Waals surface area contributed by atoms with Gasteiger partial charge in [0.2, 0.25) is 0 Å². The van der Waals surface area contributed by atoms with E-state index in [0.717, 1.165) is 37.5 Å². The van der Waals surface area contributed by atoms with Crippen LogP contribution in [0.25, 0.3) is 0 Å². The van der Waals surface area contributed by atoms with Gasteiger partial charge in [-0.3, -0.25) is 0 Å². The van der Waals surface area contributed by atoms with E-state index in [1.54, 1.807) is 0 Å². The van der Waals surface area contributed by atoms with Gasteiger partial charge in [0.25, 0.3) is 0 Å². The molecule has 0 aliphatic carbocycles. The Kier molecular flexibility index (Phi) is 3.38. The van der Waals surface area contributed by atoms with Gasteiger partial charge in [-0.05, 0) is 26.7 Å². The Bertz CT molecular complexity index is 311. The van der Waals surface area contributed by atoms with Crippen LogP contribution < -0.4 is 5.32 Å². The molecule has 0 amide bonds. The Morgan fingerprint density at radius 3 is 3.20 bits per heavy atom. The fraction of sp³-hybridized carbons (Fsp3) is 0.727. The van der Waals surface area contributed by atoms with E-state index in [0.29, 0.717) is 12.1 Å². The van der Waals surface area contributed by atoms with Crippen LogP contribution in [0.3, 0.4) is 0 Å². The van der Waals surface area contributed by atoms with Crippen LogP contribution in [0.5, 0.6) is 0 Å². The lowest BCUT2D eigenvalue weighted by molar-refractivity contribution is 0.0130. The molecular formula is C11H19N3O. The molecule has 2 rings (SSSR count). The Balaban J connectivity index is 1.77. The van der Waals surface area contributed by atoms with Crippen molar-refractivity contribution in [2.24, 2.45) is 0 Å². The molecule has 2 atom stereocenters. The van der Waals surface area contributed by atoms with E-state index < -0.39 is 0 Å². The molecule has 0 saturated carbocycles. The molecule has 2 N–H and O–H groups in total. The van der Waals surface area contributed by atoms with Gasteiger partial charge in [0.05, 0.1) is 6.10 Å². The van der Waals surface area contributed by atoms with Crippen molar-refractivity contribution in [1.82, 2.24) is 15.3 Å². The topological polar surface area (TPSA) is 49.9 Å². The minimum Gasteiger partial charge on any atom is -0.378 e. The molecule has 2 heterocycles. The lowest BCUT2D eigenvalue weighted by atomic mass is 10.0. The summed E-state index contributed by atoms with van der Waals surface area (Å²) in [6.45, 7) is 5.85. The molecule has 4 nitrogen and oxygen atoms in total. The third-order valence-corrected chi connectivity index (χ3v) is 2.82. The maximum Gasteiger partial charge on any atom is 0.103 e. The highest BCUT2D eigenvalue weighted by Crippen LogP contribution is 2.13. The van der Waals surface area contributed by atoms with Crippen LogP contribution in [0.15, 0.2) is 6.20 Å². The van der Waals surface area contributed by atoms with Gasteiger partial charge in [0.15, 0.2) is 0 Å². The summed E-state index contributed by atoms with van der Waals surface area (Å²) in [4.78, 5) is 7.40. The number of rotatable bonds is 3. The summed E-state index contributed by atoms with van der Waals surface area (Å²) < 4.78 is 5.50. The molecule has 15 heavy (non-hydrogen) atoms. The van der Waals surface area contributed by atoms with Crippen molar-refractivity contribution >= 4 is 0 Å². The zero-order valence-corrected chi connectivity index (χ0v) is 9.42. The number of hydrogen-bond donors (Lipinski definition) is 2. The minimum atomic E-state index is 0.389. The van der Waals surface area contributed by atoms with Gasteiger partial charge in [0, 0.05) is 31.1 Å². The summed E-state index contributed by atoms with van der Waals surface area (Å²) >= 11 is 0. The number of nitrogens with zero attached hydrogens (tertiary/aromatic N) is 1. The first-order valence-corrected chi connectivity index (χ1v) is 5.59. The van der Waals surface area contributed by atoms with Crippen molar-refractivity contribution in [2.75, 3.05) is 6.61 Å². The van der Waals surface area contributed by atoms with E-state index in [2.05, 4.69) is 22.2 Å². The highest BCUT2D eigenvalue weighted by atomic mass is 16.5. The van der Waals surface area contributed by atoms with Gasteiger partial charge in [-0.15, -0.1) is 0 Å². The molecule has 1 fully saturated rings. The van der Waals surface area contributed by atoms with Crippen LogP contribution in [-0.2, 0) is 11.3 Å². The first-order valence-electron chi connectivity index (χ1n) is 5.59. The summed E-state index contributed by atoms with van der Waals surface area (Å²) in [5.74, 6) is 0.979. The van der Waals surface area contributed by atoms with Crippen molar-refractivity contribution in [1.29, 1.82) is 0 Å². The third-order valence-electron chi connectivity index (χ3n) is 2.82. The van der Waals surface area contributed by atoms with Gasteiger partial charge in [-0.1, -0.05) is 0 Å². The number of H-pyrrole nitrogens is 1. The molecule has 1 aliphatic heterocycles. The molecule has 1 aliphatic rings. The second-order valence-electron chi connectivity index (χ2n) is 4.28. The van der Waals surface area contributed by atoms with E-state index in [1.807, 2.05) is 13.1 Å². The largest absolute Gasteiger partial charge is 0.378 e. The molecule has 0 spiro atoms. The molecule has 4 heteroatoms. The van der Waals surface area contributed by atoms with Gasteiger partial charge in [0.1, 0.15) is 5.82 Å². The standard InChI is InChI=1S/C11H19N3O/c1-8-5-10(3-4-15-8)13-7-11-6-12-9(2)14-11/h6,8,10,13H,3-5,7H2,1-2H3,(H,12,14). The summed E-state index contributed by atoms with van der Waals surface area (Å²) in [7, 11) is 0. The predicted molar refractivity (Wildman–Crippen MR) is 58.6 cm³/mol. The van der Waals surface area contributed by atoms with Crippen molar-refractivity contribution < 1.29 is 4.74 Å². The van der Waals surface area contributed by atoms with Crippen LogP contribution in [0.1, 0.15) is 31.3 Å². The zero-order chi connectivity index (χ0) is 10.7. The highest BCUT2D eigenvalue weighted by Gasteiger charge is 2.18. The monoisotopic (exact) mass is 209 g/mol. The molecule has 0 radical (unpaired) electrons. The average molecular weight is 209 g/mol. The van der Waals surface area contributed by atoms with E-state index >= 15 is 0 Å². The number of hydrogen-bond acceptors (Lipinski definition) is 3. The number of aromatic nitrogens is 2. The lowest BCUT2D eigenvalue weighted by Crippen LogP contribution is -2.37. The molecule has 0 bridgehead atoms. The SMILES string of the molecule is Cc1ncc(CNC2CCOC(C)C2)[nH]1. The molecule has 0 aromatic carbocycles.